The molecule has 7 heteroatoms. The smallest absolute Gasteiger partial charge is 0.272 e. The van der Waals surface area contributed by atoms with Crippen molar-refractivity contribution in [3.8, 4) is 0 Å². The average Bonchev–Trinajstić information content (AvgIpc) is 2.98. The minimum absolute atomic E-state index is 0.205. The molecule has 0 aliphatic rings. The topological polar surface area (TPSA) is 76.6 Å². The fourth-order valence-corrected chi connectivity index (χ4v) is 2.91. The summed E-state index contributed by atoms with van der Waals surface area (Å²) in [7, 11) is 1.56. The van der Waals surface area contributed by atoms with E-state index in [2.05, 4.69) is 0 Å². The molecular weight excluding hydrogens is 339 g/mol. The SMILES string of the molecule is CCc1oc2ccccc2c1CN(C)C(=O)c1ccc([N+](=O)[O-])cc1F. The maximum Gasteiger partial charge on any atom is 0.272 e. The number of furan rings is 1. The molecule has 1 aromatic heterocycles. The first-order chi connectivity index (χ1) is 12.4. The molecule has 0 aliphatic carbocycles. The summed E-state index contributed by atoms with van der Waals surface area (Å²) in [5.74, 6) is -0.691. The summed E-state index contributed by atoms with van der Waals surface area (Å²) in [5, 5.41) is 11.6. The Morgan fingerprint density at radius 2 is 2.00 bits per heavy atom. The molecule has 0 radical (unpaired) electrons. The van der Waals surface area contributed by atoms with E-state index in [1.807, 2.05) is 31.2 Å². The van der Waals surface area contributed by atoms with Crippen LogP contribution in [0.1, 0.15) is 28.6 Å². The summed E-state index contributed by atoms with van der Waals surface area (Å²) in [6.45, 7) is 2.20. The first-order valence-electron chi connectivity index (χ1n) is 8.11. The van der Waals surface area contributed by atoms with E-state index in [0.717, 1.165) is 40.5 Å². The molecule has 3 rings (SSSR count). The number of halogens is 1. The lowest BCUT2D eigenvalue weighted by Crippen LogP contribution is -2.27. The van der Waals surface area contributed by atoms with E-state index in [-0.39, 0.29) is 12.1 Å². The molecule has 6 nitrogen and oxygen atoms in total. The molecule has 0 saturated carbocycles. The summed E-state index contributed by atoms with van der Waals surface area (Å²) < 4.78 is 19.9. The average molecular weight is 356 g/mol. The number of nitro benzene ring substituents is 1. The number of carbonyl (C=O) groups is 1. The zero-order valence-electron chi connectivity index (χ0n) is 14.4. The Labute approximate surface area is 149 Å². The Morgan fingerprint density at radius 3 is 2.65 bits per heavy atom. The number of non-ortho nitro benzene ring substituents is 1. The molecule has 0 fully saturated rings. The number of carbonyl (C=O) groups excluding carboxylic acids is 1. The molecule has 0 aliphatic heterocycles. The number of nitro groups is 1. The Kier molecular flexibility index (Phi) is 4.71. The number of hydrogen-bond acceptors (Lipinski definition) is 4. The Balaban J connectivity index is 1.90. The molecule has 0 atom stereocenters. The van der Waals surface area contributed by atoms with Gasteiger partial charge >= 0.3 is 0 Å². The number of amides is 1. The molecule has 0 spiro atoms. The standard InChI is InChI=1S/C19H17FN2O4/c1-3-17-15(13-6-4-5-7-18(13)26-17)11-21(2)19(23)14-9-8-12(22(24)25)10-16(14)20/h4-10H,3,11H2,1-2H3. The number of nitrogens with zero attached hydrogens (tertiary/aromatic N) is 2. The summed E-state index contributed by atoms with van der Waals surface area (Å²) >= 11 is 0. The highest BCUT2D eigenvalue weighted by Crippen LogP contribution is 2.28. The van der Waals surface area contributed by atoms with Gasteiger partial charge in [0.15, 0.2) is 0 Å². The van der Waals surface area contributed by atoms with Gasteiger partial charge in [-0.15, -0.1) is 0 Å². The Bertz CT molecular complexity index is 996. The lowest BCUT2D eigenvalue weighted by Gasteiger charge is -2.17. The van der Waals surface area contributed by atoms with Crippen LogP contribution in [0.5, 0.6) is 0 Å². The molecular formula is C19H17FN2O4. The first kappa shape index (κ1) is 17.6. The van der Waals surface area contributed by atoms with Gasteiger partial charge in [0.2, 0.25) is 0 Å². The van der Waals surface area contributed by atoms with E-state index in [4.69, 9.17) is 4.42 Å². The molecule has 2 aromatic carbocycles. The molecule has 0 unspecified atom stereocenters. The van der Waals surface area contributed by atoms with Crippen LogP contribution in [0.3, 0.4) is 0 Å². The summed E-state index contributed by atoms with van der Waals surface area (Å²) in [6.07, 6.45) is 0.665. The van der Waals surface area contributed by atoms with E-state index in [1.54, 1.807) is 7.05 Å². The van der Waals surface area contributed by atoms with Gasteiger partial charge < -0.3 is 9.32 Å². The van der Waals surface area contributed by atoms with Gasteiger partial charge in [0.05, 0.1) is 16.6 Å². The molecule has 26 heavy (non-hydrogen) atoms. The monoisotopic (exact) mass is 356 g/mol. The summed E-state index contributed by atoms with van der Waals surface area (Å²) in [5.41, 5.74) is 1.02. The van der Waals surface area contributed by atoms with Crippen molar-refractivity contribution in [2.24, 2.45) is 0 Å². The number of para-hydroxylation sites is 1. The fourth-order valence-electron chi connectivity index (χ4n) is 2.91. The van der Waals surface area contributed by atoms with Gasteiger partial charge in [0, 0.05) is 37.0 Å². The number of benzene rings is 2. The highest BCUT2D eigenvalue weighted by molar-refractivity contribution is 5.95. The summed E-state index contributed by atoms with van der Waals surface area (Å²) in [6, 6.07) is 10.5. The van der Waals surface area contributed by atoms with Crippen LogP contribution >= 0.6 is 0 Å². The van der Waals surface area contributed by atoms with Crippen molar-refractivity contribution in [3.05, 3.63) is 75.3 Å². The van der Waals surface area contributed by atoms with Crippen LogP contribution in [-0.4, -0.2) is 22.8 Å². The predicted molar refractivity (Wildman–Crippen MR) is 94.4 cm³/mol. The van der Waals surface area contributed by atoms with E-state index in [1.165, 1.54) is 4.90 Å². The van der Waals surface area contributed by atoms with Gasteiger partial charge in [-0.1, -0.05) is 25.1 Å². The quantitative estimate of drug-likeness (QED) is 0.504. The van der Waals surface area contributed by atoms with Gasteiger partial charge in [-0.2, -0.15) is 0 Å². The Morgan fingerprint density at radius 1 is 1.27 bits per heavy atom. The highest BCUT2D eigenvalue weighted by Gasteiger charge is 2.22. The molecule has 1 heterocycles. The van der Waals surface area contributed by atoms with Crippen molar-refractivity contribution in [2.75, 3.05) is 7.05 Å². The van der Waals surface area contributed by atoms with Crippen LogP contribution in [-0.2, 0) is 13.0 Å². The molecule has 0 saturated heterocycles. The number of hydrogen-bond donors (Lipinski definition) is 0. The second-order valence-electron chi connectivity index (χ2n) is 5.94. The minimum atomic E-state index is -0.913. The van der Waals surface area contributed by atoms with Crippen LogP contribution in [0, 0.1) is 15.9 Å². The van der Waals surface area contributed by atoms with Gasteiger partial charge in [-0.25, -0.2) is 4.39 Å². The second kappa shape index (κ2) is 6.95. The van der Waals surface area contributed by atoms with Crippen LogP contribution < -0.4 is 0 Å². The molecule has 3 aromatic rings. The normalized spacial score (nSPS) is 10.9. The van der Waals surface area contributed by atoms with Crippen LogP contribution in [0.2, 0.25) is 0 Å². The minimum Gasteiger partial charge on any atom is -0.461 e. The lowest BCUT2D eigenvalue weighted by molar-refractivity contribution is -0.385. The molecule has 134 valence electrons. The van der Waals surface area contributed by atoms with Crippen molar-refractivity contribution in [1.29, 1.82) is 0 Å². The fraction of sp³-hybridized carbons (Fsp3) is 0.211. The van der Waals surface area contributed by atoms with E-state index in [9.17, 15) is 19.3 Å². The largest absolute Gasteiger partial charge is 0.461 e. The van der Waals surface area contributed by atoms with Crippen LogP contribution in [0.25, 0.3) is 11.0 Å². The third-order valence-electron chi connectivity index (χ3n) is 4.24. The number of aryl methyl sites for hydroxylation is 1. The molecule has 1 amide bonds. The van der Waals surface area contributed by atoms with E-state index < -0.39 is 22.3 Å². The highest BCUT2D eigenvalue weighted by atomic mass is 19.1. The maximum absolute atomic E-state index is 14.1. The van der Waals surface area contributed by atoms with Crippen molar-refractivity contribution < 1.29 is 18.5 Å². The lowest BCUT2D eigenvalue weighted by atomic mass is 10.1. The van der Waals surface area contributed by atoms with Crippen molar-refractivity contribution in [1.82, 2.24) is 4.90 Å². The zero-order chi connectivity index (χ0) is 18.8. The van der Waals surface area contributed by atoms with E-state index in [0.29, 0.717) is 6.42 Å². The van der Waals surface area contributed by atoms with Crippen molar-refractivity contribution in [3.63, 3.8) is 0 Å². The van der Waals surface area contributed by atoms with Crippen LogP contribution in [0.4, 0.5) is 10.1 Å². The first-order valence-corrected chi connectivity index (χ1v) is 8.11. The Hall–Kier alpha value is -3.22. The molecule has 0 N–H and O–H groups in total. The predicted octanol–water partition coefficient (Wildman–Crippen LogP) is 4.31. The maximum atomic E-state index is 14.1. The summed E-state index contributed by atoms with van der Waals surface area (Å²) in [4.78, 5) is 24.0. The van der Waals surface area contributed by atoms with E-state index >= 15 is 0 Å². The van der Waals surface area contributed by atoms with Gasteiger partial charge in [0.1, 0.15) is 17.2 Å². The zero-order valence-corrected chi connectivity index (χ0v) is 14.4. The van der Waals surface area contributed by atoms with Gasteiger partial charge in [-0.3, -0.25) is 14.9 Å². The van der Waals surface area contributed by atoms with Crippen LogP contribution in [0.15, 0.2) is 46.9 Å². The third-order valence-corrected chi connectivity index (χ3v) is 4.24. The van der Waals surface area contributed by atoms with Gasteiger partial charge in [0.25, 0.3) is 11.6 Å². The number of fused-ring (bicyclic) bond motifs is 1. The second-order valence-corrected chi connectivity index (χ2v) is 5.94. The molecule has 0 bridgehead atoms. The third kappa shape index (κ3) is 3.15. The number of rotatable bonds is 5. The van der Waals surface area contributed by atoms with Crippen molar-refractivity contribution >= 4 is 22.6 Å². The van der Waals surface area contributed by atoms with Gasteiger partial charge in [-0.05, 0) is 12.1 Å². The van der Waals surface area contributed by atoms with Crippen molar-refractivity contribution in [2.45, 2.75) is 19.9 Å².